The van der Waals surface area contributed by atoms with Crippen molar-refractivity contribution in [2.45, 2.75) is 39.7 Å². The number of hydrogen-bond acceptors (Lipinski definition) is 4. The molecule has 92 valence electrons. The fourth-order valence-corrected chi connectivity index (χ4v) is 1.27. The van der Waals surface area contributed by atoms with Crippen LogP contribution >= 0.6 is 12.4 Å². The Morgan fingerprint density at radius 3 is 2.81 bits per heavy atom. The number of allylic oxidation sites excluding steroid dienone is 2. The first-order chi connectivity index (χ1) is 7.17. The summed E-state index contributed by atoms with van der Waals surface area (Å²) in [6.45, 7) is 6.16. The SMILES string of the molecule is CC/C=C(/C)c1nc(CC(C)NC)no1.Cl. The minimum absolute atomic E-state index is 0. The summed E-state index contributed by atoms with van der Waals surface area (Å²) in [5, 5.41) is 7.08. The highest BCUT2D eigenvalue weighted by Crippen LogP contribution is 2.12. The van der Waals surface area contributed by atoms with Crippen LogP contribution in [-0.2, 0) is 6.42 Å². The lowest BCUT2D eigenvalue weighted by Crippen LogP contribution is -2.24. The molecule has 16 heavy (non-hydrogen) atoms. The van der Waals surface area contributed by atoms with E-state index in [-0.39, 0.29) is 12.4 Å². The van der Waals surface area contributed by atoms with Crippen molar-refractivity contribution in [1.82, 2.24) is 15.5 Å². The van der Waals surface area contributed by atoms with Gasteiger partial charge in [0.2, 0.25) is 0 Å². The van der Waals surface area contributed by atoms with Crippen molar-refractivity contribution in [3.8, 4) is 0 Å². The molecule has 0 aliphatic carbocycles. The molecular formula is C11H20ClN3O. The van der Waals surface area contributed by atoms with E-state index in [1.54, 1.807) is 0 Å². The van der Waals surface area contributed by atoms with Crippen molar-refractivity contribution in [1.29, 1.82) is 0 Å². The van der Waals surface area contributed by atoms with Crippen LogP contribution in [0, 0.1) is 0 Å². The fourth-order valence-electron chi connectivity index (χ4n) is 1.27. The van der Waals surface area contributed by atoms with Gasteiger partial charge in [-0.2, -0.15) is 4.98 Å². The van der Waals surface area contributed by atoms with E-state index in [0.717, 1.165) is 24.2 Å². The van der Waals surface area contributed by atoms with Crippen LogP contribution in [-0.4, -0.2) is 23.2 Å². The lowest BCUT2D eigenvalue weighted by Gasteiger charge is -2.04. The Hall–Kier alpha value is -0.870. The van der Waals surface area contributed by atoms with E-state index < -0.39 is 0 Å². The summed E-state index contributed by atoms with van der Waals surface area (Å²) in [4.78, 5) is 4.33. The summed E-state index contributed by atoms with van der Waals surface area (Å²) in [7, 11) is 1.92. The van der Waals surface area contributed by atoms with Crippen LogP contribution in [0.3, 0.4) is 0 Å². The molecule has 5 heteroatoms. The van der Waals surface area contributed by atoms with E-state index in [4.69, 9.17) is 4.52 Å². The molecule has 0 fully saturated rings. The molecule has 0 saturated heterocycles. The Morgan fingerprint density at radius 2 is 2.25 bits per heavy atom. The van der Waals surface area contributed by atoms with Crippen LogP contribution in [0.5, 0.6) is 0 Å². The number of rotatable bonds is 5. The Kier molecular flexibility index (Phi) is 7.01. The third-order valence-corrected chi connectivity index (χ3v) is 2.30. The molecule has 4 nitrogen and oxygen atoms in total. The Morgan fingerprint density at radius 1 is 1.56 bits per heavy atom. The van der Waals surface area contributed by atoms with Crippen molar-refractivity contribution < 1.29 is 4.52 Å². The van der Waals surface area contributed by atoms with Gasteiger partial charge >= 0.3 is 0 Å². The topological polar surface area (TPSA) is 51.0 Å². The molecule has 1 N–H and O–H groups in total. The third-order valence-electron chi connectivity index (χ3n) is 2.30. The standard InChI is InChI=1S/C11H19N3O.ClH/c1-5-6-8(2)11-13-10(14-15-11)7-9(3)12-4;/h6,9,12H,5,7H2,1-4H3;1H/b8-6-;. The maximum atomic E-state index is 5.17. The molecule has 0 amide bonds. The number of likely N-dealkylation sites (N-methyl/N-ethyl adjacent to an activating group) is 1. The quantitative estimate of drug-likeness (QED) is 0.866. The van der Waals surface area contributed by atoms with Crippen molar-refractivity contribution >= 4 is 18.0 Å². The molecule has 0 saturated carbocycles. The maximum absolute atomic E-state index is 5.17. The molecule has 1 heterocycles. The lowest BCUT2D eigenvalue weighted by molar-refractivity contribution is 0.397. The van der Waals surface area contributed by atoms with E-state index in [2.05, 4.69) is 35.4 Å². The molecule has 0 aliphatic heterocycles. The number of aromatic nitrogens is 2. The van der Waals surface area contributed by atoms with Gasteiger partial charge in [0.25, 0.3) is 5.89 Å². The third kappa shape index (κ3) is 4.33. The van der Waals surface area contributed by atoms with E-state index in [9.17, 15) is 0 Å². The summed E-state index contributed by atoms with van der Waals surface area (Å²) in [6, 6.07) is 0.367. The molecule has 0 aromatic carbocycles. The van der Waals surface area contributed by atoms with E-state index >= 15 is 0 Å². The molecule has 0 radical (unpaired) electrons. The number of nitrogens with zero attached hydrogens (tertiary/aromatic N) is 2. The van der Waals surface area contributed by atoms with Crippen LogP contribution < -0.4 is 5.32 Å². The summed E-state index contributed by atoms with van der Waals surface area (Å²) < 4.78 is 5.17. The van der Waals surface area contributed by atoms with Crippen LogP contribution in [0.4, 0.5) is 0 Å². The van der Waals surface area contributed by atoms with Crippen LogP contribution in [0.1, 0.15) is 38.9 Å². The molecule has 1 aromatic heterocycles. The highest BCUT2D eigenvalue weighted by atomic mass is 35.5. The highest BCUT2D eigenvalue weighted by molar-refractivity contribution is 5.85. The lowest BCUT2D eigenvalue weighted by atomic mass is 10.2. The van der Waals surface area contributed by atoms with Crippen molar-refractivity contribution in [3.05, 3.63) is 17.8 Å². The van der Waals surface area contributed by atoms with Gasteiger partial charge in [0.05, 0.1) is 0 Å². The summed E-state index contributed by atoms with van der Waals surface area (Å²) in [6.07, 6.45) is 3.86. The Bertz CT molecular complexity index is 336. The molecule has 0 bridgehead atoms. The van der Waals surface area contributed by atoms with E-state index in [1.807, 2.05) is 14.0 Å². The van der Waals surface area contributed by atoms with Crippen LogP contribution in [0.25, 0.3) is 5.57 Å². The first kappa shape index (κ1) is 15.1. The number of hydrogen-bond donors (Lipinski definition) is 1. The summed E-state index contributed by atoms with van der Waals surface area (Å²) >= 11 is 0. The number of nitrogens with one attached hydrogen (secondary N) is 1. The average Bonchev–Trinajstić information content (AvgIpc) is 2.66. The van der Waals surface area contributed by atoms with Crippen LogP contribution in [0.2, 0.25) is 0 Å². The zero-order valence-electron chi connectivity index (χ0n) is 10.3. The van der Waals surface area contributed by atoms with Gasteiger partial charge in [-0.1, -0.05) is 18.2 Å². The first-order valence-electron chi connectivity index (χ1n) is 5.34. The monoisotopic (exact) mass is 245 g/mol. The first-order valence-corrected chi connectivity index (χ1v) is 5.34. The maximum Gasteiger partial charge on any atom is 0.253 e. The van der Waals surface area contributed by atoms with E-state index in [0.29, 0.717) is 11.9 Å². The smallest absolute Gasteiger partial charge is 0.253 e. The molecule has 0 spiro atoms. The minimum atomic E-state index is 0. The fraction of sp³-hybridized carbons (Fsp3) is 0.636. The molecule has 0 aliphatic rings. The predicted molar refractivity (Wildman–Crippen MR) is 67.7 cm³/mol. The van der Waals surface area contributed by atoms with Gasteiger partial charge in [-0.25, -0.2) is 0 Å². The zero-order valence-corrected chi connectivity index (χ0v) is 11.1. The zero-order chi connectivity index (χ0) is 11.3. The van der Waals surface area contributed by atoms with Gasteiger partial charge in [-0.3, -0.25) is 0 Å². The van der Waals surface area contributed by atoms with Gasteiger partial charge in [0.15, 0.2) is 5.82 Å². The largest absolute Gasteiger partial charge is 0.334 e. The molecule has 1 unspecified atom stereocenters. The highest BCUT2D eigenvalue weighted by Gasteiger charge is 2.09. The Balaban J connectivity index is 0.00000225. The average molecular weight is 246 g/mol. The second-order valence-electron chi connectivity index (χ2n) is 3.70. The van der Waals surface area contributed by atoms with E-state index in [1.165, 1.54) is 0 Å². The van der Waals surface area contributed by atoms with Gasteiger partial charge in [-0.15, -0.1) is 12.4 Å². The molecular weight excluding hydrogens is 226 g/mol. The minimum Gasteiger partial charge on any atom is -0.334 e. The van der Waals surface area contributed by atoms with Crippen molar-refractivity contribution in [2.75, 3.05) is 7.05 Å². The van der Waals surface area contributed by atoms with Gasteiger partial charge in [0.1, 0.15) is 0 Å². The van der Waals surface area contributed by atoms with Gasteiger partial charge in [0, 0.05) is 18.0 Å². The summed E-state index contributed by atoms with van der Waals surface area (Å²) in [5.41, 5.74) is 1.05. The van der Waals surface area contributed by atoms with Crippen molar-refractivity contribution in [3.63, 3.8) is 0 Å². The number of halogens is 1. The van der Waals surface area contributed by atoms with Gasteiger partial charge < -0.3 is 9.84 Å². The normalized spacial score (nSPS) is 13.4. The van der Waals surface area contributed by atoms with Crippen molar-refractivity contribution in [2.24, 2.45) is 0 Å². The second kappa shape index (κ2) is 7.41. The summed E-state index contributed by atoms with van der Waals surface area (Å²) in [5.74, 6) is 1.39. The predicted octanol–water partition coefficient (Wildman–Crippen LogP) is 2.46. The van der Waals surface area contributed by atoms with Gasteiger partial charge in [-0.05, 0) is 27.3 Å². The second-order valence-corrected chi connectivity index (χ2v) is 3.70. The Labute approximate surface area is 103 Å². The molecule has 1 rings (SSSR count). The molecule has 1 atom stereocenters. The van der Waals surface area contributed by atoms with Crippen LogP contribution in [0.15, 0.2) is 10.6 Å². The molecule has 1 aromatic rings.